The van der Waals surface area contributed by atoms with Crippen molar-refractivity contribution in [1.82, 2.24) is 0 Å². The van der Waals surface area contributed by atoms with Gasteiger partial charge >= 0.3 is 0 Å². The number of furan rings is 1. The van der Waals surface area contributed by atoms with E-state index in [1.165, 1.54) is 36.6 Å². The van der Waals surface area contributed by atoms with Gasteiger partial charge in [0.15, 0.2) is 0 Å². The van der Waals surface area contributed by atoms with Crippen LogP contribution in [0.1, 0.15) is 17.4 Å². The van der Waals surface area contributed by atoms with E-state index in [-0.39, 0.29) is 17.0 Å². The monoisotopic (exact) mass is 426 g/mol. The molecule has 0 radical (unpaired) electrons. The molecule has 31 heavy (non-hydrogen) atoms. The Morgan fingerprint density at radius 1 is 1.10 bits per heavy atom. The number of nitro benzene ring substituents is 1. The third kappa shape index (κ3) is 3.33. The van der Waals surface area contributed by atoms with E-state index in [2.05, 4.69) is 0 Å². The van der Waals surface area contributed by atoms with Gasteiger partial charge in [-0.25, -0.2) is 8.78 Å². The van der Waals surface area contributed by atoms with Gasteiger partial charge in [-0.1, -0.05) is 12.1 Å². The molecule has 0 bridgehead atoms. The third-order valence-corrected chi connectivity index (χ3v) is 4.76. The molecule has 8 nitrogen and oxygen atoms in total. The van der Waals surface area contributed by atoms with Crippen molar-refractivity contribution in [2.45, 2.75) is 6.04 Å². The van der Waals surface area contributed by atoms with Crippen molar-refractivity contribution in [2.75, 3.05) is 4.90 Å². The van der Waals surface area contributed by atoms with Gasteiger partial charge in [0.05, 0.1) is 22.4 Å². The number of hydrogen-bond donors (Lipinski definition) is 1. The Morgan fingerprint density at radius 2 is 1.87 bits per heavy atom. The first-order valence-corrected chi connectivity index (χ1v) is 8.84. The Hall–Kier alpha value is -4.34. The lowest BCUT2D eigenvalue weighted by Crippen LogP contribution is -2.30. The van der Waals surface area contributed by atoms with Crippen molar-refractivity contribution in [3.63, 3.8) is 0 Å². The molecule has 4 rings (SSSR count). The standard InChI is InChI=1S/C21H12F2N2O6/c22-12-6-7-14(23)15(10-12)24-18(16-5-2-8-31-16)17(20(27)21(24)28)19(26)11-3-1-4-13(9-11)25(29)30/h1-10,18,26H/b19-17-. The zero-order valence-corrected chi connectivity index (χ0v) is 15.5. The largest absolute Gasteiger partial charge is 0.507 e. The number of aliphatic hydroxyl groups excluding tert-OH is 1. The van der Waals surface area contributed by atoms with E-state index in [1.807, 2.05) is 0 Å². The Morgan fingerprint density at radius 3 is 2.55 bits per heavy atom. The van der Waals surface area contributed by atoms with Crippen LogP contribution < -0.4 is 4.90 Å². The number of halogens is 2. The molecule has 2 heterocycles. The predicted molar refractivity (Wildman–Crippen MR) is 103 cm³/mol. The van der Waals surface area contributed by atoms with Crippen LogP contribution in [0.25, 0.3) is 5.76 Å². The van der Waals surface area contributed by atoms with Crippen LogP contribution in [-0.4, -0.2) is 21.7 Å². The molecule has 1 N–H and O–H groups in total. The number of carbonyl (C=O) groups excluding carboxylic acids is 2. The predicted octanol–water partition coefficient (Wildman–Crippen LogP) is 4.09. The zero-order chi connectivity index (χ0) is 22.3. The fourth-order valence-corrected chi connectivity index (χ4v) is 3.39. The summed E-state index contributed by atoms with van der Waals surface area (Å²) >= 11 is 0. The zero-order valence-electron chi connectivity index (χ0n) is 15.5. The highest BCUT2D eigenvalue weighted by molar-refractivity contribution is 6.51. The lowest BCUT2D eigenvalue weighted by atomic mass is 9.99. The van der Waals surface area contributed by atoms with Gasteiger partial charge in [0.25, 0.3) is 17.4 Å². The Bertz CT molecular complexity index is 1250. The van der Waals surface area contributed by atoms with Crippen LogP contribution in [0.4, 0.5) is 20.2 Å². The molecule has 156 valence electrons. The summed E-state index contributed by atoms with van der Waals surface area (Å²) in [6, 6.07) is 8.59. The molecule has 2 aromatic carbocycles. The van der Waals surface area contributed by atoms with Crippen LogP contribution in [0.2, 0.25) is 0 Å². The third-order valence-electron chi connectivity index (χ3n) is 4.76. The molecular weight excluding hydrogens is 414 g/mol. The van der Waals surface area contributed by atoms with Crippen LogP contribution >= 0.6 is 0 Å². The molecule has 1 aliphatic rings. The topological polar surface area (TPSA) is 114 Å². The van der Waals surface area contributed by atoms with Gasteiger partial charge in [0.1, 0.15) is 29.2 Å². The van der Waals surface area contributed by atoms with E-state index in [1.54, 1.807) is 0 Å². The maximum atomic E-state index is 14.5. The van der Waals surface area contributed by atoms with Crippen LogP contribution in [0, 0.1) is 21.7 Å². The van der Waals surface area contributed by atoms with E-state index in [9.17, 15) is 33.6 Å². The van der Waals surface area contributed by atoms with Gasteiger partial charge in [-0.3, -0.25) is 24.6 Å². The Labute approximate surface area is 172 Å². The molecule has 1 atom stereocenters. The summed E-state index contributed by atoms with van der Waals surface area (Å²) < 4.78 is 33.6. The van der Waals surface area contributed by atoms with E-state index < -0.39 is 51.3 Å². The van der Waals surface area contributed by atoms with E-state index in [4.69, 9.17) is 4.42 Å². The normalized spacial score (nSPS) is 17.9. The van der Waals surface area contributed by atoms with Crippen molar-refractivity contribution in [1.29, 1.82) is 0 Å². The van der Waals surface area contributed by atoms with Gasteiger partial charge in [-0.2, -0.15) is 0 Å². The van der Waals surface area contributed by atoms with Gasteiger partial charge in [0.2, 0.25) is 0 Å². The van der Waals surface area contributed by atoms with Crippen LogP contribution in [0.3, 0.4) is 0 Å². The van der Waals surface area contributed by atoms with Crippen molar-refractivity contribution in [3.8, 4) is 0 Å². The van der Waals surface area contributed by atoms with Crippen LogP contribution in [0.15, 0.2) is 70.9 Å². The van der Waals surface area contributed by atoms with Crippen molar-refractivity contribution >= 4 is 28.8 Å². The number of carbonyl (C=O) groups is 2. The summed E-state index contributed by atoms with van der Waals surface area (Å²) in [5, 5.41) is 21.9. The Kier molecular flexibility index (Phi) is 4.82. The van der Waals surface area contributed by atoms with Crippen molar-refractivity contribution in [2.24, 2.45) is 0 Å². The first-order valence-electron chi connectivity index (χ1n) is 8.84. The van der Waals surface area contributed by atoms with Gasteiger partial charge < -0.3 is 9.52 Å². The minimum Gasteiger partial charge on any atom is -0.507 e. The molecule has 1 fully saturated rings. The fourth-order valence-electron chi connectivity index (χ4n) is 3.39. The minimum absolute atomic E-state index is 0.00478. The van der Waals surface area contributed by atoms with E-state index >= 15 is 0 Å². The second-order valence-corrected chi connectivity index (χ2v) is 6.59. The molecule has 1 amide bonds. The number of benzene rings is 2. The van der Waals surface area contributed by atoms with Crippen molar-refractivity contribution in [3.05, 3.63) is 99.5 Å². The van der Waals surface area contributed by atoms with E-state index in [0.29, 0.717) is 4.90 Å². The highest BCUT2D eigenvalue weighted by atomic mass is 19.1. The van der Waals surface area contributed by atoms with Crippen LogP contribution in [-0.2, 0) is 9.59 Å². The molecule has 0 spiro atoms. The number of anilines is 1. The molecule has 1 aliphatic heterocycles. The number of rotatable bonds is 4. The number of amides is 1. The first kappa shape index (κ1) is 20.0. The van der Waals surface area contributed by atoms with E-state index in [0.717, 1.165) is 24.3 Å². The summed E-state index contributed by atoms with van der Waals surface area (Å²) in [7, 11) is 0. The smallest absolute Gasteiger partial charge is 0.300 e. The highest BCUT2D eigenvalue weighted by Gasteiger charge is 2.49. The number of non-ortho nitro benzene ring substituents is 1. The molecule has 3 aromatic rings. The molecule has 1 saturated heterocycles. The quantitative estimate of drug-likeness (QED) is 0.221. The number of hydrogen-bond acceptors (Lipinski definition) is 6. The average molecular weight is 426 g/mol. The average Bonchev–Trinajstić information content (AvgIpc) is 3.37. The second kappa shape index (κ2) is 7.48. The summed E-state index contributed by atoms with van der Waals surface area (Å²) in [5.41, 5.74) is -1.47. The number of nitro groups is 1. The van der Waals surface area contributed by atoms with Gasteiger partial charge in [0, 0.05) is 23.8 Å². The molecular formula is C21H12F2N2O6. The number of nitrogens with zero attached hydrogens (tertiary/aromatic N) is 2. The van der Waals surface area contributed by atoms with Gasteiger partial charge in [-0.15, -0.1) is 0 Å². The summed E-state index contributed by atoms with van der Waals surface area (Å²) in [6.07, 6.45) is 1.24. The lowest BCUT2D eigenvalue weighted by molar-refractivity contribution is -0.384. The molecule has 10 heteroatoms. The SMILES string of the molecule is O=C1C(=O)N(c2cc(F)ccc2F)C(c2ccco2)/C1=C(/O)c1cccc([N+](=O)[O-])c1. The molecule has 0 aliphatic carbocycles. The number of Topliss-reactive ketones (excluding diaryl/α,β-unsaturated/α-hetero) is 1. The van der Waals surface area contributed by atoms with Gasteiger partial charge in [-0.05, 0) is 24.3 Å². The first-order chi connectivity index (χ1) is 14.8. The molecule has 1 unspecified atom stereocenters. The summed E-state index contributed by atoms with van der Waals surface area (Å²) in [5.74, 6) is -4.96. The molecule has 0 saturated carbocycles. The van der Waals surface area contributed by atoms with Crippen LogP contribution in [0.5, 0.6) is 0 Å². The minimum atomic E-state index is -1.43. The maximum absolute atomic E-state index is 14.5. The molecule has 1 aromatic heterocycles. The van der Waals surface area contributed by atoms with Crippen molar-refractivity contribution < 1.29 is 32.8 Å². The lowest BCUT2D eigenvalue weighted by Gasteiger charge is -2.23. The second-order valence-electron chi connectivity index (χ2n) is 6.59. The summed E-state index contributed by atoms with van der Waals surface area (Å²) in [6.45, 7) is 0. The summed E-state index contributed by atoms with van der Waals surface area (Å²) in [4.78, 5) is 36.7. The fraction of sp³-hybridized carbons (Fsp3) is 0.0476. The number of aliphatic hydroxyl groups is 1. The highest BCUT2D eigenvalue weighted by Crippen LogP contribution is 2.43. The Balaban J connectivity index is 1.95. The number of ketones is 1. The maximum Gasteiger partial charge on any atom is 0.300 e.